The third kappa shape index (κ3) is 4.92. The minimum Gasteiger partial charge on any atom is -0.387 e. The van der Waals surface area contributed by atoms with Gasteiger partial charge in [-0.05, 0) is 42.9 Å². The summed E-state index contributed by atoms with van der Waals surface area (Å²) in [7, 11) is 0. The van der Waals surface area contributed by atoms with Crippen LogP contribution in [0.3, 0.4) is 0 Å². The molecule has 1 aromatic heterocycles. The maximum Gasteiger partial charge on any atom is 0.0924 e. The van der Waals surface area contributed by atoms with Gasteiger partial charge in [-0.3, -0.25) is 0 Å². The van der Waals surface area contributed by atoms with Crippen LogP contribution >= 0.6 is 35.6 Å². The molecule has 3 nitrogen and oxygen atoms in total. The van der Waals surface area contributed by atoms with Crippen molar-refractivity contribution in [2.75, 3.05) is 19.6 Å². The highest BCUT2D eigenvalue weighted by Gasteiger charge is 2.18. The summed E-state index contributed by atoms with van der Waals surface area (Å²) in [5.74, 6) is 0. The summed E-state index contributed by atoms with van der Waals surface area (Å²) in [5, 5.41) is 13.1. The number of para-hydroxylation sites is 1. The molecule has 0 saturated carbocycles. The Balaban J connectivity index is 0.00000261. The van der Waals surface area contributed by atoms with Crippen molar-refractivity contribution in [2.45, 2.75) is 20.0 Å². The van der Waals surface area contributed by atoms with Crippen molar-refractivity contribution in [3.63, 3.8) is 0 Å². The van der Waals surface area contributed by atoms with Crippen molar-refractivity contribution in [3.8, 4) is 11.3 Å². The first-order valence-electron chi connectivity index (χ1n) is 8.79. The van der Waals surface area contributed by atoms with Crippen LogP contribution in [-0.2, 0) is 0 Å². The van der Waals surface area contributed by atoms with Gasteiger partial charge in [-0.2, -0.15) is 0 Å². The van der Waals surface area contributed by atoms with Crippen molar-refractivity contribution < 1.29 is 5.11 Å². The number of nitrogens with zero attached hydrogens (tertiary/aromatic N) is 2. The number of hydrogen-bond donors (Lipinski definition) is 1. The Labute approximate surface area is 176 Å². The molecule has 144 valence electrons. The largest absolute Gasteiger partial charge is 0.387 e. The van der Waals surface area contributed by atoms with Gasteiger partial charge in [0.15, 0.2) is 0 Å². The molecule has 0 radical (unpaired) electrons. The number of aliphatic hydroxyl groups excluding tert-OH is 1. The average molecular weight is 426 g/mol. The Bertz CT molecular complexity index is 896. The number of halogens is 3. The molecule has 0 amide bonds. The molecular formula is C21H23Cl3N2O. The van der Waals surface area contributed by atoms with Gasteiger partial charge in [0.05, 0.1) is 22.3 Å². The van der Waals surface area contributed by atoms with Crippen molar-refractivity contribution in [1.29, 1.82) is 0 Å². The molecule has 27 heavy (non-hydrogen) atoms. The van der Waals surface area contributed by atoms with E-state index in [1.54, 1.807) is 0 Å². The molecule has 3 aromatic rings. The summed E-state index contributed by atoms with van der Waals surface area (Å²) >= 11 is 12.4. The lowest BCUT2D eigenvalue weighted by atomic mass is 10.00. The van der Waals surface area contributed by atoms with Gasteiger partial charge in [0.25, 0.3) is 0 Å². The first-order valence-corrected chi connectivity index (χ1v) is 9.54. The monoisotopic (exact) mass is 424 g/mol. The van der Waals surface area contributed by atoms with Crippen molar-refractivity contribution in [2.24, 2.45) is 0 Å². The summed E-state index contributed by atoms with van der Waals surface area (Å²) in [6, 6.07) is 15.1. The molecule has 1 unspecified atom stereocenters. The van der Waals surface area contributed by atoms with E-state index in [1.165, 1.54) is 0 Å². The molecule has 0 spiro atoms. The SMILES string of the molecule is CCN(CC)CC(O)c1cc(-c2ccc(Cl)cc2)nc2c(Cl)cccc12.Cl. The summed E-state index contributed by atoms with van der Waals surface area (Å²) in [5.41, 5.74) is 3.26. The first kappa shape index (κ1) is 21.9. The normalized spacial score (nSPS) is 12.2. The van der Waals surface area contributed by atoms with E-state index in [4.69, 9.17) is 28.2 Å². The predicted octanol–water partition coefficient (Wildman–Crippen LogP) is 6.01. The number of pyridine rings is 1. The van der Waals surface area contributed by atoms with Gasteiger partial charge in [0, 0.05) is 22.5 Å². The second-order valence-corrected chi connectivity index (χ2v) is 7.08. The molecule has 2 aromatic carbocycles. The van der Waals surface area contributed by atoms with E-state index < -0.39 is 6.10 Å². The molecule has 3 rings (SSSR count). The van der Waals surface area contributed by atoms with Gasteiger partial charge in [-0.25, -0.2) is 4.98 Å². The lowest BCUT2D eigenvalue weighted by molar-refractivity contribution is 0.120. The van der Waals surface area contributed by atoms with E-state index >= 15 is 0 Å². The number of rotatable bonds is 6. The summed E-state index contributed by atoms with van der Waals surface area (Å²) < 4.78 is 0. The van der Waals surface area contributed by atoms with Crippen LogP contribution in [-0.4, -0.2) is 34.6 Å². The topological polar surface area (TPSA) is 36.4 Å². The highest BCUT2D eigenvalue weighted by molar-refractivity contribution is 6.35. The Morgan fingerprint density at radius 1 is 1.04 bits per heavy atom. The van der Waals surface area contributed by atoms with E-state index in [9.17, 15) is 5.11 Å². The summed E-state index contributed by atoms with van der Waals surface area (Å²) in [6.07, 6.45) is -0.620. The van der Waals surface area contributed by atoms with Crippen LogP contribution in [0.25, 0.3) is 22.2 Å². The van der Waals surface area contributed by atoms with E-state index in [2.05, 4.69) is 18.7 Å². The van der Waals surface area contributed by atoms with Crippen LogP contribution < -0.4 is 0 Å². The van der Waals surface area contributed by atoms with Gasteiger partial charge in [0.1, 0.15) is 0 Å². The number of aromatic nitrogens is 1. The highest BCUT2D eigenvalue weighted by atomic mass is 35.5. The standard InChI is InChI=1S/C21H22Cl2N2O.ClH/c1-3-25(4-2)13-20(26)17-12-19(14-8-10-15(22)11-9-14)24-21-16(17)6-5-7-18(21)23;/h5-12,20,26H,3-4,13H2,1-2H3;1H. The summed E-state index contributed by atoms with van der Waals surface area (Å²) in [6.45, 7) is 6.54. The molecule has 0 bridgehead atoms. The lowest BCUT2D eigenvalue weighted by Crippen LogP contribution is -2.28. The lowest BCUT2D eigenvalue weighted by Gasteiger charge is -2.23. The predicted molar refractivity (Wildman–Crippen MR) is 117 cm³/mol. The fourth-order valence-electron chi connectivity index (χ4n) is 3.11. The van der Waals surface area contributed by atoms with Crippen LogP contribution in [0, 0.1) is 0 Å². The minimum absolute atomic E-state index is 0. The van der Waals surface area contributed by atoms with Crippen LogP contribution in [0.4, 0.5) is 0 Å². The molecular weight excluding hydrogens is 403 g/mol. The van der Waals surface area contributed by atoms with Crippen molar-refractivity contribution >= 4 is 46.5 Å². The Morgan fingerprint density at radius 2 is 1.70 bits per heavy atom. The Kier molecular flexibility index (Phi) is 7.90. The van der Waals surface area contributed by atoms with Crippen LogP contribution in [0.2, 0.25) is 10.0 Å². The molecule has 6 heteroatoms. The minimum atomic E-state index is -0.620. The fourth-order valence-corrected chi connectivity index (χ4v) is 3.45. The molecule has 1 atom stereocenters. The van der Waals surface area contributed by atoms with Gasteiger partial charge in [-0.1, -0.05) is 61.3 Å². The molecule has 1 heterocycles. The van der Waals surface area contributed by atoms with Crippen molar-refractivity contribution in [3.05, 3.63) is 64.1 Å². The maximum atomic E-state index is 10.9. The second kappa shape index (κ2) is 9.72. The number of hydrogen-bond acceptors (Lipinski definition) is 3. The zero-order chi connectivity index (χ0) is 18.7. The Hall–Kier alpha value is -1.36. The maximum absolute atomic E-state index is 10.9. The van der Waals surface area contributed by atoms with E-state index in [1.807, 2.05) is 48.5 Å². The highest BCUT2D eigenvalue weighted by Crippen LogP contribution is 2.32. The molecule has 0 aliphatic rings. The van der Waals surface area contributed by atoms with Crippen molar-refractivity contribution in [1.82, 2.24) is 9.88 Å². The second-order valence-electron chi connectivity index (χ2n) is 6.24. The molecule has 0 aliphatic carbocycles. The zero-order valence-electron chi connectivity index (χ0n) is 15.3. The summed E-state index contributed by atoms with van der Waals surface area (Å²) in [4.78, 5) is 6.94. The van der Waals surface area contributed by atoms with Gasteiger partial charge in [-0.15, -0.1) is 12.4 Å². The number of benzene rings is 2. The number of aliphatic hydroxyl groups is 1. The molecule has 0 fully saturated rings. The molecule has 0 aliphatic heterocycles. The first-order chi connectivity index (χ1) is 12.5. The Morgan fingerprint density at radius 3 is 2.33 bits per heavy atom. The van der Waals surface area contributed by atoms with Crippen LogP contribution in [0.1, 0.15) is 25.5 Å². The molecule has 0 saturated heterocycles. The van der Waals surface area contributed by atoms with E-state index in [-0.39, 0.29) is 12.4 Å². The third-order valence-corrected chi connectivity index (χ3v) is 5.20. The smallest absolute Gasteiger partial charge is 0.0924 e. The average Bonchev–Trinajstić information content (AvgIpc) is 2.66. The van der Waals surface area contributed by atoms with Gasteiger partial charge < -0.3 is 10.0 Å². The fraction of sp³-hybridized carbons (Fsp3) is 0.286. The number of fused-ring (bicyclic) bond motifs is 1. The number of likely N-dealkylation sites (N-methyl/N-ethyl adjacent to an activating group) is 1. The molecule has 1 N–H and O–H groups in total. The van der Waals surface area contributed by atoms with Gasteiger partial charge in [0.2, 0.25) is 0 Å². The van der Waals surface area contributed by atoms with Crippen LogP contribution in [0.5, 0.6) is 0 Å². The van der Waals surface area contributed by atoms with Crippen LogP contribution in [0.15, 0.2) is 48.5 Å². The third-order valence-electron chi connectivity index (χ3n) is 4.65. The van der Waals surface area contributed by atoms with Gasteiger partial charge >= 0.3 is 0 Å². The van der Waals surface area contributed by atoms with E-state index in [0.29, 0.717) is 22.1 Å². The van der Waals surface area contributed by atoms with E-state index in [0.717, 1.165) is 35.3 Å². The quantitative estimate of drug-likeness (QED) is 0.525. The zero-order valence-corrected chi connectivity index (χ0v) is 17.7.